The fourth-order valence-corrected chi connectivity index (χ4v) is 2.72. The summed E-state index contributed by atoms with van der Waals surface area (Å²) in [6.45, 7) is 6.59. The summed E-state index contributed by atoms with van der Waals surface area (Å²) in [7, 11) is -0.850. The summed E-state index contributed by atoms with van der Waals surface area (Å²) in [6, 6.07) is -0.0164. The molecule has 0 saturated carbocycles. The minimum absolute atomic E-state index is 0.0552. The molecule has 88 valence electrons. The average Bonchev–Trinajstić information content (AvgIpc) is 2.45. The van der Waals surface area contributed by atoms with Gasteiger partial charge in [-0.25, -0.2) is 0 Å². The quantitative estimate of drug-likeness (QED) is 0.751. The molecule has 0 aliphatic carbocycles. The highest BCUT2D eigenvalue weighted by molar-refractivity contribution is 7.84. The van der Waals surface area contributed by atoms with Gasteiger partial charge in [-0.15, -0.1) is 0 Å². The molecule has 1 heterocycles. The number of hydrogen-bond acceptors (Lipinski definition) is 3. The summed E-state index contributed by atoms with van der Waals surface area (Å²) < 4.78 is 11.1. The van der Waals surface area contributed by atoms with Gasteiger partial charge in [0.1, 0.15) is 0 Å². The molecule has 1 rings (SSSR count). The maximum Gasteiger partial charge on any atom is 0.241 e. The van der Waals surface area contributed by atoms with Crippen LogP contribution in [-0.4, -0.2) is 45.8 Å². The van der Waals surface area contributed by atoms with E-state index in [1.54, 1.807) is 11.2 Å². The molecule has 1 saturated heterocycles. The Morgan fingerprint density at radius 1 is 1.53 bits per heavy atom. The molecular weight excluding hydrogens is 212 g/mol. The Labute approximate surface area is 93.9 Å². The van der Waals surface area contributed by atoms with Gasteiger partial charge in [0.15, 0.2) is 0 Å². The zero-order valence-corrected chi connectivity index (χ0v) is 10.6. The van der Waals surface area contributed by atoms with Crippen LogP contribution in [0.3, 0.4) is 0 Å². The molecule has 0 bridgehead atoms. The minimum Gasteiger partial charge on any atom is -0.325 e. The normalized spacial score (nSPS) is 26.1. The van der Waals surface area contributed by atoms with E-state index in [-0.39, 0.29) is 18.0 Å². The first-order chi connectivity index (χ1) is 6.93. The van der Waals surface area contributed by atoms with Crippen LogP contribution in [0.1, 0.15) is 20.8 Å². The summed E-state index contributed by atoms with van der Waals surface area (Å²) in [4.78, 5) is 13.7. The van der Waals surface area contributed by atoms with Crippen LogP contribution in [0, 0.1) is 5.92 Å². The van der Waals surface area contributed by atoms with Crippen molar-refractivity contribution in [2.24, 2.45) is 5.92 Å². The van der Waals surface area contributed by atoms with Crippen molar-refractivity contribution in [1.29, 1.82) is 0 Å². The van der Waals surface area contributed by atoms with Gasteiger partial charge in [-0.2, -0.15) is 0 Å². The highest BCUT2D eigenvalue weighted by atomic mass is 32.2. The summed E-state index contributed by atoms with van der Waals surface area (Å²) >= 11 is 0. The largest absolute Gasteiger partial charge is 0.325 e. The van der Waals surface area contributed by atoms with Gasteiger partial charge >= 0.3 is 0 Å². The fraction of sp³-hybridized carbons (Fsp3) is 0.900. The number of hydrogen-bond donors (Lipinski definition) is 1. The van der Waals surface area contributed by atoms with E-state index in [1.807, 2.05) is 20.8 Å². The monoisotopic (exact) mass is 232 g/mol. The van der Waals surface area contributed by atoms with Crippen molar-refractivity contribution in [2.75, 3.05) is 18.7 Å². The van der Waals surface area contributed by atoms with Crippen LogP contribution in [0.25, 0.3) is 0 Å². The Bertz CT molecular complexity index is 268. The summed E-state index contributed by atoms with van der Waals surface area (Å²) in [6.07, 6.45) is 1.67. The van der Waals surface area contributed by atoms with Crippen molar-refractivity contribution in [1.82, 2.24) is 10.2 Å². The molecule has 0 radical (unpaired) electrons. The van der Waals surface area contributed by atoms with Crippen molar-refractivity contribution in [2.45, 2.75) is 32.9 Å². The van der Waals surface area contributed by atoms with Crippen LogP contribution < -0.4 is 5.32 Å². The second-order valence-corrected chi connectivity index (χ2v) is 5.96. The molecule has 1 amide bonds. The molecule has 1 aliphatic rings. The molecule has 15 heavy (non-hydrogen) atoms. The van der Waals surface area contributed by atoms with E-state index in [0.29, 0.717) is 18.3 Å². The topological polar surface area (TPSA) is 49.4 Å². The van der Waals surface area contributed by atoms with Gasteiger partial charge in [-0.05, 0) is 12.8 Å². The first-order valence-electron chi connectivity index (χ1n) is 5.27. The second kappa shape index (κ2) is 5.07. The predicted octanol–water partition coefficient (Wildman–Crippen LogP) is 0.167. The molecule has 4 nitrogen and oxygen atoms in total. The molecule has 3 unspecified atom stereocenters. The molecule has 1 N–H and O–H groups in total. The van der Waals surface area contributed by atoms with Gasteiger partial charge in [0, 0.05) is 28.9 Å². The van der Waals surface area contributed by atoms with Crippen molar-refractivity contribution in [3.05, 3.63) is 0 Å². The molecule has 0 aromatic rings. The van der Waals surface area contributed by atoms with Crippen LogP contribution in [0.5, 0.6) is 0 Å². The Hall–Kier alpha value is -0.420. The highest BCUT2D eigenvalue weighted by Gasteiger charge is 2.35. The van der Waals surface area contributed by atoms with Crippen molar-refractivity contribution in [3.63, 3.8) is 0 Å². The number of carbonyl (C=O) groups excluding carboxylic acids is 1. The fourth-order valence-electron chi connectivity index (χ4n) is 1.86. The summed E-state index contributed by atoms with van der Waals surface area (Å²) in [5.74, 6) is 1.00. The lowest BCUT2D eigenvalue weighted by atomic mass is 10.0. The van der Waals surface area contributed by atoms with Crippen LogP contribution in [0.2, 0.25) is 0 Å². The third-order valence-electron chi connectivity index (χ3n) is 2.71. The maximum atomic E-state index is 11.9. The zero-order chi connectivity index (χ0) is 11.6. The van der Waals surface area contributed by atoms with E-state index in [9.17, 15) is 9.00 Å². The smallest absolute Gasteiger partial charge is 0.241 e. The second-order valence-electron chi connectivity index (χ2n) is 4.48. The van der Waals surface area contributed by atoms with E-state index >= 15 is 0 Å². The van der Waals surface area contributed by atoms with Crippen molar-refractivity contribution < 1.29 is 9.00 Å². The van der Waals surface area contributed by atoms with E-state index in [0.717, 1.165) is 0 Å². The number of nitrogens with zero attached hydrogens (tertiary/aromatic N) is 1. The minimum atomic E-state index is -0.850. The molecule has 0 aromatic carbocycles. The average molecular weight is 232 g/mol. The molecule has 3 atom stereocenters. The van der Waals surface area contributed by atoms with Gasteiger partial charge in [-0.1, -0.05) is 13.8 Å². The highest BCUT2D eigenvalue weighted by Crippen LogP contribution is 2.14. The lowest BCUT2D eigenvalue weighted by Gasteiger charge is -2.23. The van der Waals surface area contributed by atoms with Crippen molar-refractivity contribution >= 4 is 16.7 Å². The van der Waals surface area contributed by atoms with E-state index in [1.165, 1.54) is 0 Å². The van der Waals surface area contributed by atoms with Crippen LogP contribution in [-0.2, 0) is 15.6 Å². The maximum absolute atomic E-state index is 11.9. The molecule has 1 aliphatic heterocycles. The summed E-state index contributed by atoms with van der Waals surface area (Å²) in [5, 5.41) is 3.19. The number of amides is 1. The Balaban J connectivity index is 2.59. The predicted molar refractivity (Wildman–Crippen MR) is 61.9 cm³/mol. The lowest BCUT2D eigenvalue weighted by molar-refractivity contribution is -0.130. The number of carbonyl (C=O) groups is 1. The lowest BCUT2D eigenvalue weighted by Crippen LogP contribution is -2.40. The first kappa shape index (κ1) is 12.6. The van der Waals surface area contributed by atoms with Crippen LogP contribution in [0.4, 0.5) is 0 Å². The first-order valence-corrected chi connectivity index (χ1v) is 7.00. The standard InChI is InChI=1S/C10H20N2O2S/c1-7(2)9-10(13)12(6-11-9)8(3)5-15(4)14/h7-9,11H,5-6H2,1-4H3. The molecule has 0 spiro atoms. The Kier molecular flexibility index (Phi) is 4.28. The Morgan fingerprint density at radius 3 is 2.53 bits per heavy atom. The Morgan fingerprint density at radius 2 is 2.13 bits per heavy atom. The van der Waals surface area contributed by atoms with Crippen LogP contribution in [0.15, 0.2) is 0 Å². The third kappa shape index (κ3) is 3.01. The zero-order valence-electron chi connectivity index (χ0n) is 9.82. The number of rotatable bonds is 4. The molecule has 0 aromatic heterocycles. The van der Waals surface area contributed by atoms with E-state index in [2.05, 4.69) is 5.32 Å². The van der Waals surface area contributed by atoms with E-state index in [4.69, 9.17) is 0 Å². The summed E-state index contributed by atoms with van der Waals surface area (Å²) in [5.41, 5.74) is 0. The SMILES string of the molecule is CC(C)C1NCN(C(C)CS(C)=O)C1=O. The molecule has 5 heteroatoms. The third-order valence-corrected chi connectivity index (χ3v) is 3.66. The van der Waals surface area contributed by atoms with Crippen molar-refractivity contribution in [3.8, 4) is 0 Å². The van der Waals surface area contributed by atoms with Crippen LogP contribution >= 0.6 is 0 Å². The van der Waals surface area contributed by atoms with Gasteiger partial charge in [0.2, 0.25) is 5.91 Å². The number of nitrogens with one attached hydrogen (secondary N) is 1. The molecular formula is C10H20N2O2S. The van der Waals surface area contributed by atoms with Gasteiger partial charge in [0.05, 0.1) is 12.7 Å². The van der Waals surface area contributed by atoms with Gasteiger partial charge in [0.25, 0.3) is 0 Å². The van der Waals surface area contributed by atoms with Gasteiger partial charge < -0.3 is 4.90 Å². The molecule has 1 fully saturated rings. The van der Waals surface area contributed by atoms with Gasteiger partial charge in [-0.3, -0.25) is 14.3 Å². The van der Waals surface area contributed by atoms with E-state index < -0.39 is 10.8 Å².